The number of carbonyl (C=O) groups is 1. The summed E-state index contributed by atoms with van der Waals surface area (Å²) in [5, 5.41) is 17.8. The number of para-hydroxylation sites is 1. The first-order valence-electron chi connectivity index (χ1n) is 3.99. The van der Waals surface area contributed by atoms with Gasteiger partial charge in [-0.25, -0.2) is 0 Å². The Bertz CT molecular complexity index is 376. The van der Waals surface area contributed by atoms with Gasteiger partial charge in [0.2, 0.25) is 0 Å². The van der Waals surface area contributed by atoms with Crippen LogP contribution in [0.3, 0.4) is 0 Å². The normalized spacial score (nSPS) is 9.57. The van der Waals surface area contributed by atoms with Gasteiger partial charge in [0.25, 0.3) is 0 Å². The van der Waals surface area contributed by atoms with Gasteiger partial charge in [-0.3, -0.25) is 4.79 Å². The fraction of sp³-hybridized carbons (Fsp3) is 0. The molecule has 0 unspecified atom stereocenters. The Balaban J connectivity index is 3.27. The molecule has 5 heteroatoms. The Hall–Kier alpha value is -1.59. The average Bonchev–Trinajstić information content (AvgIpc) is 2.16. The first-order chi connectivity index (χ1) is 6.57. The van der Waals surface area contributed by atoms with Crippen LogP contribution in [-0.2, 0) is 0 Å². The Morgan fingerprint density at radius 3 is 2.64 bits per heavy atom. The average molecular weight is 191 g/mol. The van der Waals surface area contributed by atoms with Crippen LogP contribution >= 0.6 is 0 Å². The van der Waals surface area contributed by atoms with Crippen molar-refractivity contribution in [1.29, 1.82) is 0 Å². The molecule has 0 atom stereocenters. The second-order valence-electron chi connectivity index (χ2n) is 2.75. The maximum atomic E-state index is 11.2. The molecule has 0 fully saturated rings. The first-order valence-corrected chi connectivity index (χ1v) is 3.99. The van der Waals surface area contributed by atoms with Crippen molar-refractivity contribution in [3.63, 3.8) is 0 Å². The van der Waals surface area contributed by atoms with Crippen LogP contribution in [0.15, 0.2) is 30.9 Å². The van der Waals surface area contributed by atoms with E-state index in [2.05, 4.69) is 6.58 Å². The quantitative estimate of drug-likeness (QED) is 0.255. The minimum Gasteiger partial charge on any atom is -0.423 e. The summed E-state index contributed by atoms with van der Waals surface area (Å²) in [5.74, 6) is -0.343. The second kappa shape index (κ2) is 4.08. The molecule has 0 bridgehead atoms. The van der Waals surface area contributed by atoms with Crippen molar-refractivity contribution in [2.45, 2.75) is 0 Å². The van der Waals surface area contributed by atoms with Gasteiger partial charge in [-0.05, 0) is 12.1 Å². The van der Waals surface area contributed by atoms with E-state index in [1.54, 1.807) is 0 Å². The Morgan fingerprint density at radius 1 is 1.50 bits per heavy atom. The van der Waals surface area contributed by atoms with Gasteiger partial charge < -0.3 is 15.8 Å². The van der Waals surface area contributed by atoms with Gasteiger partial charge in [0.05, 0.1) is 0 Å². The zero-order valence-electron chi connectivity index (χ0n) is 7.47. The minimum absolute atomic E-state index is 0.0763. The Kier molecular flexibility index (Phi) is 3.06. The smallest absolute Gasteiger partial charge is 0.423 e. The number of allylic oxidation sites excluding steroid dienone is 1. The molecule has 1 rings (SSSR count). The van der Waals surface area contributed by atoms with Crippen molar-refractivity contribution >= 4 is 24.1 Å². The molecule has 0 saturated heterocycles. The van der Waals surface area contributed by atoms with Crippen LogP contribution in [0.25, 0.3) is 0 Å². The van der Waals surface area contributed by atoms with E-state index in [0.29, 0.717) is 0 Å². The number of benzene rings is 1. The van der Waals surface area contributed by atoms with Gasteiger partial charge in [0.15, 0.2) is 5.78 Å². The van der Waals surface area contributed by atoms with Crippen molar-refractivity contribution in [1.82, 2.24) is 0 Å². The van der Waals surface area contributed by atoms with Gasteiger partial charge >= 0.3 is 7.12 Å². The second-order valence-corrected chi connectivity index (χ2v) is 2.75. The van der Waals surface area contributed by atoms with Crippen LogP contribution in [0, 0.1) is 0 Å². The lowest BCUT2D eigenvalue weighted by Gasteiger charge is -2.07. The fourth-order valence-electron chi connectivity index (χ4n) is 1.13. The Morgan fingerprint density at radius 2 is 2.14 bits per heavy atom. The SMILES string of the molecule is C=CC(=O)c1cccc(B(O)O)c1N. The number of carbonyl (C=O) groups excluding carboxylic acids is 1. The van der Waals surface area contributed by atoms with Gasteiger partial charge in [-0.15, -0.1) is 0 Å². The molecule has 1 aromatic rings. The summed E-state index contributed by atoms with van der Waals surface area (Å²) in [4.78, 5) is 11.2. The van der Waals surface area contributed by atoms with Crippen LogP contribution in [0.4, 0.5) is 5.69 Å². The van der Waals surface area contributed by atoms with E-state index in [1.807, 2.05) is 0 Å². The molecule has 0 spiro atoms. The number of anilines is 1. The molecule has 4 nitrogen and oxygen atoms in total. The number of rotatable bonds is 3. The lowest BCUT2D eigenvalue weighted by atomic mass is 9.77. The van der Waals surface area contributed by atoms with E-state index in [4.69, 9.17) is 15.8 Å². The summed E-state index contributed by atoms with van der Waals surface area (Å²) in [7, 11) is -1.67. The first kappa shape index (κ1) is 10.5. The molecule has 0 aromatic heterocycles. The molecule has 0 radical (unpaired) electrons. The topological polar surface area (TPSA) is 83.5 Å². The third-order valence-electron chi connectivity index (χ3n) is 1.87. The molecule has 0 aliphatic heterocycles. The number of hydrogen-bond donors (Lipinski definition) is 3. The summed E-state index contributed by atoms with van der Waals surface area (Å²) in [6, 6.07) is 4.48. The summed E-state index contributed by atoms with van der Waals surface area (Å²) < 4.78 is 0. The molecule has 0 saturated carbocycles. The van der Waals surface area contributed by atoms with Crippen LogP contribution in [-0.4, -0.2) is 22.9 Å². The molecule has 0 amide bonds. The van der Waals surface area contributed by atoms with Crippen molar-refractivity contribution in [3.05, 3.63) is 36.4 Å². The van der Waals surface area contributed by atoms with Crippen molar-refractivity contribution in [2.75, 3.05) is 5.73 Å². The maximum absolute atomic E-state index is 11.2. The standard InChI is InChI=1S/C9H10BNO3/c1-2-8(12)6-4-3-5-7(9(6)11)10(13)14/h2-5,13-14H,1,11H2. The largest absolute Gasteiger partial charge is 0.490 e. The highest BCUT2D eigenvalue weighted by Crippen LogP contribution is 2.10. The zero-order valence-corrected chi connectivity index (χ0v) is 7.47. The summed E-state index contributed by atoms with van der Waals surface area (Å²) in [6.07, 6.45) is 1.12. The summed E-state index contributed by atoms with van der Waals surface area (Å²) in [5.41, 5.74) is 6.00. The van der Waals surface area contributed by atoms with Crippen molar-refractivity contribution < 1.29 is 14.8 Å². The minimum atomic E-state index is -1.67. The highest BCUT2D eigenvalue weighted by molar-refractivity contribution is 6.60. The highest BCUT2D eigenvalue weighted by Gasteiger charge is 2.18. The number of nitrogen functional groups attached to an aromatic ring is 1. The molecule has 0 aliphatic carbocycles. The molecule has 0 aliphatic rings. The number of ketones is 1. The van der Waals surface area contributed by atoms with E-state index in [-0.39, 0.29) is 22.5 Å². The lowest BCUT2D eigenvalue weighted by molar-refractivity contribution is 0.104. The predicted molar refractivity (Wildman–Crippen MR) is 55.2 cm³/mol. The van der Waals surface area contributed by atoms with Crippen LogP contribution < -0.4 is 11.2 Å². The third-order valence-corrected chi connectivity index (χ3v) is 1.87. The molecular weight excluding hydrogens is 181 g/mol. The molecule has 14 heavy (non-hydrogen) atoms. The number of hydrogen-bond acceptors (Lipinski definition) is 4. The van der Waals surface area contributed by atoms with E-state index >= 15 is 0 Å². The summed E-state index contributed by atoms with van der Waals surface area (Å²) in [6.45, 7) is 3.32. The maximum Gasteiger partial charge on any atom is 0.490 e. The van der Waals surface area contributed by atoms with E-state index in [1.165, 1.54) is 18.2 Å². The van der Waals surface area contributed by atoms with Crippen LogP contribution in [0.1, 0.15) is 10.4 Å². The predicted octanol–water partition coefficient (Wildman–Crippen LogP) is -0.683. The Labute approximate surface area is 81.8 Å². The van der Waals surface area contributed by atoms with E-state index in [9.17, 15) is 4.79 Å². The van der Waals surface area contributed by atoms with Crippen molar-refractivity contribution in [3.8, 4) is 0 Å². The van der Waals surface area contributed by atoms with E-state index < -0.39 is 7.12 Å². The van der Waals surface area contributed by atoms with Gasteiger partial charge in [0.1, 0.15) is 0 Å². The van der Waals surface area contributed by atoms with Gasteiger partial charge in [0, 0.05) is 16.7 Å². The third kappa shape index (κ3) is 1.84. The van der Waals surface area contributed by atoms with Gasteiger partial charge in [-0.1, -0.05) is 18.7 Å². The molecule has 72 valence electrons. The van der Waals surface area contributed by atoms with E-state index in [0.717, 1.165) is 6.08 Å². The van der Waals surface area contributed by atoms with Crippen LogP contribution in [0.5, 0.6) is 0 Å². The lowest BCUT2D eigenvalue weighted by Crippen LogP contribution is -2.33. The van der Waals surface area contributed by atoms with Gasteiger partial charge in [-0.2, -0.15) is 0 Å². The molecule has 4 N–H and O–H groups in total. The fourth-order valence-corrected chi connectivity index (χ4v) is 1.13. The van der Waals surface area contributed by atoms with Crippen molar-refractivity contribution in [2.24, 2.45) is 0 Å². The molecule has 1 aromatic carbocycles. The zero-order chi connectivity index (χ0) is 10.7. The molecular formula is C9H10BNO3. The highest BCUT2D eigenvalue weighted by atomic mass is 16.4. The summed E-state index contributed by atoms with van der Waals surface area (Å²) >= 11 is 0. The monoisotopic (exact) mass is 191 g/mol. The number of nitrogens with two attached hydrogens (primary N) is 1. The van der Waals surface area contributed by atoms with Crippen LogP contribution in [0.2, 0.25) is 0 Å². The molecule has 0 heterocycles.